The molecule has 6 heteroatoms. The molecule has 1 unspecified atom stereocenters. The fourth-order valence-electron chi connectivity index (χ4n) is 2.46. The number of hydrogen-bond donors (Lipinski definition) is 1. The van der Waals surface area contributed by atoms with Crippen LogP contribution in [0, 0.1) is 0 Å². The standard InChI is InChI=1S/C16H21BrN2O3/c17-13-7-5-12(6-8-13)3-1-2-4-15(20)19-9-10-22-14(11-19)16(18)21/h5-8,14H,1-4,9-11H2,(H2,18,21). The number of halogens is 1. The van der Waals surface area contributed by atoms with E-state index in [0.29, 0.717) is 19.6 Å². The van der Waals surface area contributed by atoms with E-state index < -0.39 is 12.0 Å². The fraction of sp³-hybridized carbons (Fsp3) is 0.500. The molecule has 22 heavy (non-hydrogen) atoms. The number of carbonyl (C=O) groups is 2. The Morgan fingerprint density at radius 2 is 2.00 bits per heavy atom. The monoisotopic (exact) mass is 368 g/mol. The lowest BCUT2D eigenvalue weighted by atomic mass is 10.1. The van der Waals surface area contributed by atoms with Crippen molar-refractivity contribution < 1.29 is 14.3 Å². The summed E-state index contributed by atoms with van der Waals surface area (Å²) in [5.41, 5.74) is 6.49. The molecule has 2 rings (SSSR count). The molecule has 0 saturated carbocycles. The molecule has 0 radical (unpaired) electrons. The van der Waals surface area contributed by atoms with Crippen LogP contribution in [0.15, 0.2) is 28.7 Å². The predicted molar refractivity (Wildman–Crippen MR) is 87.2 cm³/mol. The number of benzene rings is 1. The second-order valence-electron chi connectivity index (χ2n) is 5.44. The molecule has 2 amide bonds. The van der Waals surface area contributed by atoms with Gasteiger partial charge in [-0.2, -0.15) is 0 Å². The third kappa shape index (κ3) is 5.10. The quantitative estimate of drug-likeness (QED) is 0.779. The van der Waals surface area contributed by atoms with Crippen molar-refractivity contribution in [1.82, 2.24) is 4.90 Å². The normalized spacial score (nSPS) is 18.2. The van der Waals surface area contributed by atoms with Crippen molar-refractivity contribution in [1.29, 1.82) is 0 Å². The average molecular weight is 369 g/mol. The van der Waals surface area contributed by atoms with E-state index in [1.54, 1.807) is 4.90 Å². The van der Waals surface area contributed by atoms with Gasteiger partial charge in [-0.1, -0.05) is 28.1 Å². The largest absolute Gasteiger partial charge is 0.367 e. The van der Waals surface area contributed by atoms with E-state index in [9.17, 15) is 9.59 Å². The van der Waals surface area contributed by atoms with Gasteiger partial charge in [0.15, 0.2) is 6.10 Å². The minimum Gasteiger partial charge on any atom is -0.367 e. The highest BCUT2D eigenvalue weighted by atomic mass is 79.9. The fourth-order valence-corrected chi connectivity index (χ4v) is 2.73. The lowest BCUT2D eigenvalue weighted by Crippen LogP contribution is -2.50. The van der Waals surface area contributed by atoms with Crippen LogP contribution < -0.4 is 5.73 Å². The lowest BCUT2D eigenvalue weighted by molar-refractivity contribution is -0.145. The molecular formula is C16H21BrN2O3. The Morgan fingerprint density at radius 1 is 1.27 bits per heavy atom. The number of morpholine rings is 1. The van der Waals surface area contributed by atoms with Gasteiger partial charge in [-0.15, -0.1) is 0 Å². The van der Waals surface area contributed by atoms with E-state index in [2.05, 4.69) is 28.1 Å². The van der Waals surface area contributed by atoms with Gasteiger partial charge in [0.05, 0.1) is 13.2 Å². The topological polar surface area (TPSA) is 72.6 Å². The van der Waals surface area contributed by atoms with Crippen molar-refractivity contribution in [2.75, 3.05) is 19.7 Å². The van der Waals surface area contributed by atoms with E-state index in [1.807, 2.05) is 12.1 Å². The number of nitrogens with zero attached hydrogens (tertiary/aromatic N) is 1. The number of unbranched alkanes of at least 4 members (excludes halogenated alkanes) is 1. The molecule has 2 N–H and O–H groups in total. The summed E-state index contributed by atoms with van der Waals surface area (Å²) in [5, 5.41) is 0. The number of primary amides is 1. The van der Waals surface area contributed by atoms with E-state index >= 15 is 0 Å². The van der Waals surface area contributed by atoms with Crippen molar-refractivity contribution in [2.24, 2.45) is 5.73 Å². The Labute approximate surface area is 138 Å². The molecule has 1 aliphatic rings. The van der Waals surface area contributed by atoms with Crippen molar-refractivity contribution in [3.8, 4) is 0 Å². The summed E-state index contributed by atoms with van der Waals surface area (Å²) in [4.78, 5) is 24.9. The van der Waals surface area contributed by atoms with Crippen LogP contribution in [0.4, 0.5) is 0 Å². The smallest absolute Gasteiger partial charge is 0.248 e. The second kappa shape index (κ2) is 8.29. The predicted octanol–water partition coefficient (Wildman–Crippen LogP) is 1.87. The van der Waals surface area contributed by atoms with Gasteiger partial charge in [0.1, 0.15) is 0 Å². The van der Waals surface area contributed by atoms with Gasteiger partial charge in [0.25, 0.3) is 0 Å². The van der Waals surface area contributed by atoms with Gasteiger partial charge >= 0.3 is 0 Å². The third-order valence-corrected chi connectivity index (χ3v) is 4.28. The zero-order valence-electron chi connectivity index (χ0n) is 12.5. The highest BCUT2D eigenvalue weighted by Crippen LogP contribution is 2.14. The van der Waals surface area contributed by atoms with Crippen LogP contribution >= 0.6 is 15.9 Å². The van der Waals surface area contributed by atoms with Crippen LogP contribution in [0.1, 0.15) is 24.8 Å². The first kappa shape index (κ1) is 17.0. The molecule has 1 heterocycles. The molecule has 1 aliphatic heterocycles. The van der Waals surface area contributed by atoms with Crippen LogP contribution in [0.3, 0.4) is 0 Å². The van der Waals surface area contributed by atoms with Crippen LogP contribution in [0.5, 0.6) is 0 Å². The highest BCUT2D eigenvalue weighted by molar-refractivity contribution is 9.10. The van der Waals surface area contributed by atoms with E-state index in [0.717, 1.165) is 23.7 Å². The van der Waals surface area contributed by atoms with Gasteiger partial charge in [-0.05, 0) is 37.0 Å². The zero-order chi connectivity index (χ0) is 15.9. The molecule has 1 aromatic carbocycles. The number of ether oxygens (including phenoxy) is 1. The van der Waals surface area contributed by atoms with Crippen molar-refractivity contribution in [3.63, 3.8) is 0 Å². The number of carbonyl (C=O) groups excluding carboxylic acids is 2. The molecule has 0 aromatic heterocycles. The maximum Gasteiger partial charge on any atom is 0.248 e. The summed E-state index contributed by atoms with van der Waals surface area (Å²) in [6.45, 7) is 1.19. The number of rotatable bonds is 6. The average Bonchev–Trinajstić information content (AvgIpc) is 2.53. The van der Waals surface area contributed by atoms with Gasteiger partial charge in [0.2, 0.25) is 11.8 Å². The molecule has 1 fully saturated rings. The lowest BCUT2D eigenvalue weighted by Gasteiger charge is -2.31. The Kier molecular flexibility index (Phi) is 6.39. The molecule has 0 aliphatic carbocycles. The first-order chi connectivity index (χ1) is 10.6. The summed E-state index contributed by atoms with van der Waals surface area (Å²) in [6.07, 6.45) is 2.61. The molecule has 120 valence electrons. The first-order valence-electron chi connectivity index (χ1n) is 7.49. The molecular weight excluding hydrogens is 348 g/mol. The Bertz CT molecular complexity index is 519. The SMILES string of the molecule is NC(=O)C1CN(C(=O)CCCCc2ccc(Br)cc2)CCO1. The summed E-state index contributed by atoms with van der Waals surface area (Å²) >= 11 is 3.41. The number of aryl methyl sites for hydroxylation is 1. The second-order valence-corrected chi connectivity index (χ2v) is 6.35. The van der Waals surface area contributed by atoms with E-state index in [-0.39, 0.29) is 12.5 Å². The van der Waals surface area contributed by atoms with Gasteiger partial charge in [-0.3, -0.25) is 9.59 Å². The maximum absolute atomic E-state index is 12.1. The van der Waals surface area contributed by atoms with Gasteiger partial charge in [-0.25, -0.2) is 0 Å². The molecule has 1 saturated heterocycles. The Hall–Kier alpha value is -1.40. The van der Waals surface area contributed by atoms with Crippen molar-refractivity contribution in [2.45, 2.75) is 31.8 Å². The Morgan fingerprint density at radius 3 is 2.68 bits per heavy atom. The van der Waals surface area contributed by atoms with Crippen LogP contribution in [0.25, 0.3) is 0 Å². The van der Waals surface area contributed by atoms with Crippen molar-refractivity contribution in [3.05, 3.63) is 34.3 Å². The number of nitrogens with two attached hydrogens (primary N) is 1. The minimum atomic E-state index is -0.666. The minimum absolute atomic E-state index is 0.0744. The highest BCUT2D eigenvalue weighted by Gasteiger charge is 2.27. The molecule has 0 spiro atoms. The van der Waals surface area contributed by atoms with Crippen molar-refractivity contribution >= 4 is 27.7 Å². The van der Waals surface area contributed by atoms with E-state index in [1.165, 1.54) is 5.56 Å². The van der Waals surface area contributed by atoms with Gasteiger partial charge in [0, 0.05) is 17.4 Å². The summed E-state index contributed by atoms with van der Waals surface area (Å²) in [7, 11) is 0. The van der Waals surface area contributed by atoms with Gasteiger partial charge < -0.3 is 15.4 Å². The molecule has 1 atom stereocenters. The molecule has 0 bridgehead atoms. The summed E-state index contributed by atoms with van der Waals surface area (Å²) < 4.78 is 6.31. The zero-order valence-corrected chi connectivity index (χ0v) is 14.0. The summed E-state index contributed by atoms with van der Waals surface area (Å²) in [6, 6.07) is 8.23. The number of hydrogen-bond acceptors (Lipinski definition) is 3. The van der Waals surface area contributed by atoms with E-state index in [4.69, 9.17) is 10.5 Å². The number of amides is 2. The van der Waals surface area contributed by atoms with Crippen LogP contribution in [0.2, 0.25) is 0 Å². The Balaban J connectivity index is 1.69. The summed E-state index contributed by atoms with van der Waals surface area (Å²) in [5.74, 6) is -0.432. The molecule has 1 aromatic rings. The maximum atomic E-state index is 12.1. The first-order valence-corrected chi connectivity index (χ1v) is 8.28. The van der Waals surface area contributed by atoms with Crippen LogP contribution in [-0.2, 0) is 20.7 Å². The molecule has 5 nitrogen and oxygen atoms in total. The third-order valence-electron chi connectivity index (χ3n) is 3.76. The van der Waals surface area contributed by atoms with Crippen LogP contribution in [-0.4, -0.2) is 42.5 Å².